The summed E-state index contributed by atoms with van der Waals surface area (Å²) in [6.07, 6.45) is 16.2. The van der Waals surface area contributed by atoms with E-state index in [4.69, 9.17) is 27.8 Å². The van der Waals surface area contributed by atoms with Crippen LogP contribution in [0.1, 0.15) is 218 Å². The molecule has 3 unspecified atom stereocenters. The van der Waals surface area contributed by atoms with Crippen molar-refractivity contribution in [1.29, 1.82) is 0 Å². The predicted octanol–water partition coefficient (Wildman–Crippen LogP) is 14.2. The number of phosphoric ester groups is 1. The maximum Gasteiger partial charge on any atom is 0.475 e. The summed E-state index contributed by atoms with van der Waals surface area (Å²) in [6.45, 7) is 23.0. The van der Waals surface area contributed by atoms with Crippen LogP contribution in [0.3, 0.4) is 0 Å². The topological polar surface area (TPSA) is 124 Å². The molecule has 0 aliphatic rings. The lowest BCUT2D eigenvalue weighted by molar-refractivity contribution is -0.146. The molecule has 0 aliphatic carbocycles. The summed E-state index contributed by atoms with van der Waals surface area (Å²) in [5, 5.41) is 0. The molecule has 59 heavy (non-hydrogen) atoms. The maximum absolute atomic E-state index is 14.5. The highest BCUT2D eigenvalue weighted by Crippen LogP contribution is 2.50. The molecule has 344 valence electrons. The standard InChI is InChI=1S/C48H87O10P/c1-13-22-28-40(29-23-14-2)37(10)46(49)56-43(19-7)34-53-59(52,54-35-44(20-8)57-47(50)38(11)41(30-24-15-3)31-25-16-4)55-36-45(21-9)58-48(51)39(12)42(32-26-17-5)33-27-18-6/h43-45H,13-36H2,1-12H3. The Labute approximate surface area is 361 Å². The molecule has 0 N–H and O–H groups in total. The summed E-state index contributed by atoms with van der Waals surface area (Å²) in [5.41, 5.74) is 5.13. The van der Waals surface area contributed by atoms with Gasteiger partial charge in [0.1, 0.15) is 18.3 Å². The van der Waals surface area contributed by atoms with Crippen LogP contribution in [0.4, 0.5) is 0 Å². The number of hydrogen-bond donors (Lipinski definition) is 0. The SMILES string of the molecule is CCCCC(CCCC)=C(C)C(=O)OC(CC)COP(=O)(OCC(CC)OC(=O)C(C)=C(CCCC)CCCC)OCC(CC)OC(=O)C(C)=C(CCCC)CCCC. The Hall–Kier alpha value is -2.26. The first-order valence-electron chi connectivity index (χ1n) is 23.5. The van der Waals surface area contributed by atoms with Gasteiger partial charge in [-0.3, -0.25) is 13.6 Å². The molecule has 0 saturated heterocycles. The predicted molar refractivity (Wildman–Crippen MR) is 241 cm³/mol. The zero-order valence-electron chi connectivity index (χ0n) is 39.7. The largest absolute Gasteiger partial charge is 0.475 e. The van der Waals surface area contributed by atoms with Crippen LogP contribution in [-0.4, -0.2) is 56.0 Å². The van der Waals surface area contributed by atoms with Crippen molar-refractivity contribution in [3.05, 3.63) is 33.4 Å². The van der Waals surface area contributed by atoms with E-state index in [9.17, 15) is 18.9 Å². The highest BCUT2D eigenvalue weighted by molar-refractivity contribution is 7.48. The van der Waals surface area contributed by atoms with Crippen LogP contribution in [0.2, 0.25) is 0 Å². The van der Waals surface area contributed by atoms with Gasteiger partial charge in [-0.2, -0.15) is 0 Å². The summed E-state index contributed by atoms with van der Waals surface area (Å²) in [7, 11) is -4.38. The smallest absolute Gasteiger partial charge is 0.457 e. The number of hydrogen-bond acceptors (Lipinski definition) is 10. The molecule has 11 heteroatoms. The molecular formula is C48H87O10P. The van der Waals surface area contributed by atoms with Crippen LogP contribution in [0.15, 0.2) is 33.4 Å². The Morgan fingerprint density at radius 2 is 0.593 bits per heavy atom. The monoisotopic (exact) mass is 855 g/mol. The molecule has 10 nitrogen and oxygen atoms in total. The minimum Gasteiger partial charge on any atom is -0.457 e. The first kappa shape index (κ1) is 56.7. The molecule has 0 spiro atoms. The maximum atomic E-state index is 14.5. The molecular weight excluding hydrogens is 767 g/mol. The fraction of sp³-hybridized carbons (Fsp3) is 0.812. The first-order chi connectivity index (χ1) is 28.2. The van der Waals surface area contributed by atoms with E-state index >= 15 is 0 Å². The van der Waals surface area contributed by atoms with Gasteiger partial charge in [-0.25, -0.2) is 18.9 Å². The molecule has 0 rings (SSSR count). The van der Waals surface area contributed by atoms with Crippen molar-refractivity contribution in [2.24, 2.45) is 0 Å². The highest BCUT2D eigenvalue weighted by atomic mass is 31.2. The Balaban J connectivity index is 6.38. The van der Waals surface area contributed by atoms with E-state index < -0.39 is 44.0 Å². The molecule has 0 amide bonds. The number of unbranched alkanes of at least 4 members (excludes halogenated alkanes) is 6. The molecule has 0 heterocycles. The van der Waals surface area contributed by atoms with Crippen molar-refractivity contribution in [1.82, 2.24) is 0 Å². The van der Waals surface area contributed by atoms with Crippen molar-refractivity contribution in [2.75, 3.05) is 19.8 Å². The fourth-order valence-electron chi connectivity index (χ4n) is 6.33. The molecule has 0 aliphatic heterocycles. The average Bonchev–Trinajstić information content (AvgIpc) is 3.24. The lowest BCUT2D eigenvalue weighted by atomic mass is 9.98. The number of esters is 3. The summed E-state index contributed by atoms with van der Waals surface area (Å²) in [4.78, 5) is 40.2. The highest BCUT2D eigenvalue weighted by Gasteiger charge is 2.33. The van der Waals surface area contributed by atoms with E-state index in [0.29, 0.717) is 36.0 Å². The molecule has 0 aromatic rings. The summed E-state index contributed by atoms with van der Waals surface area (Å²) in [5.74, 6) is -1.26. The van der Waals surface area contributed by atoms with Gasteiger partial charge in [0.2, 0.25) is 0 Å². The third-order valence-electron chi connectivity index (χ3n) is 10.9. The Morgan fingerprint density at radius 3 is 0.763 bits per heavy atom. The van der Waals surface area contributed by atoms with Crippen molar-refractivity contribution < 1.29 is 46.7 Å². The van der Waals surface area contributed by atoms with Gasteiger partial charge in [0.15, 0.2) is 0 Å². The van der Waals surface area contributed by atoms with Crippen LogP contribution in [-0.2, 0) is 46.7 Å². The van der Waals surface area contributed by atoms with Crippen LogP contribution in [0.5, 0.6) is 0 Å². The van der Waals surface area contributed by atoms with Crippen molar-refractivity contribution >= 4 is 25.7 Å². The lowest BCUT2D eigenvalue weighted by Gasteiger charge is -2.25. The summed E-state index contributed by atoms with van der Waals surface area (Å²) < 4.78 is 49.9. The second-order valence-electron chi connectivity index (χ2n) is 15.9. The minimum atomic E-state index is -4.38. The minimum absolute atomic E-state index is 0.251. The molecule has 3 atom stereocenters. The van der Waals surface area contributed by atoms with Crippen molar-refractivity contribution in [3.63, 3.8) is 0 Å². The van der Waals surface area contributed by atoms with Gasteiger partial charge in [-0.1, -0.05) is 118 Å². The Kier molecular flexibility index (Phi) is 33.0. The van der Waals surface area contributed by atoms with E-state index in [1.54, 1.807) is 0 Å². The van der Waals surface area contributed by atoms with Gasteiger partial charge in [0.25, 0.3) is 0 Å². The molecule has 0 radical (unpaired) electrons. The van der Waals surface area contributed by atoms with Crippen molar-refractivity contribution in [2.45, 2.75) is 236 Å². The van der Waals surface area contributed by atoms with Gasteiger partial charge in [0, 0.05) is 16.7 Å². The summed E-state index contributed by atoms with van der Waals surface area (Å²) >= 11 is 0. The van der Waals surface area contributed by atoms with Crippen LogP contribution < -0.4 is 0 Å². The van der Waals surface area contributed by atoms with Gasteiger partial charge in [-0.15, -0.1) is 0 Å². The normalized spacial score (nSPS) is 13.8. The Morgan fingerprint density at radius 1 is 0.390 bits per heavy atom. The van der Waals surface area contributed by atoms with Gasteiger partial charge >= 0.3 is 25.7 Å². The number of rotatable bonds is 36. The summed E-state index contributed by atoms with van der Waals surface area (Å²) in [6, 6.07) is 0. The zero-order valence-corrected chi connectivity index (χ0v) is 40.6. The van der Waals surface area contributed by atoms with Crippen LogP contribution in [0.25, 0.3) is 0 Å². The third kappa shape index (κ3) is 24.1. The van der Waals surface area contributed by atoms with Crippen molar-refractivity contribution in [3.8, 4) is 0 Å². The molecule has 0 bridgehead atoms. The fourth-order valence-corrected chi connectivity index (χ4v) is 7.60. The number of carbonyl (C=O) groups is 3. The van der Waals surface area contributed by atoms with E-state index in [1.165, 1.54) is 0 Å². The van der Waals surface area contributed by atoms with E-state index in [1.807, 2.05) is 41.5 Å². The third-order valence-corrected chi connectivity index (χ3v) is 12.3. The molecule has 0 fully saturated rings. The molecule has 0 saturated carbocycles. The van der Waals surface area contributed by atoms with Gasteiger partial charge < -0.3 is 14.2 Å². The second-order valence-corrected chi connectivity index (χ2v) is 17.6. The quantitative estimate of drug-likeness (QED) is 0.0260. The first-order valence-corrected chi connectivity index (χ1v) is 24.9. The molecule has 0 aromatic heterocycles. The lowest BCUT2D eigenvalue weighted by Crippen LogP contribution is -2.27. The second kappa shape index (κ2) is 34.3. The van der Waals surface area contributed by atoms with Gasteiger partial charge in [0.05, 0.1) is 19.8 Å². The van der Waals surface area contributed by atoms with E-state index in [-0.39, 0.29) is 19.8 Å². The Bertz CT molecular complexity index is 1150. The van der Waals surface area contributed by atoms with E-state index in [0.717, 1.165) is 132 Å². The van der Waals surface area contributed by atoms with Crippen LogP contribution in [0, 0.1) is 0 Å². The van der Waals surface area contributed by atoms with E-state index in [2.05, 4.69) is 41.5 Å². The van der Waals surface area contributed by atoms with Gasteiger partial charge in [-0.05, 0) is 117 Å². The molecule has 0 aromatic carbocycles. The number of ether oxygens (including phenoxy) is 3. The number of phosphoric acid groups is 1. The zero-order chi connectivity index (χ0) is 44.6. The average molecular weight is 855 g/mol. The van der Waals surface area contributed by atoms with Crippen LogP contribution >= 0.6 is 7.82 Å². The number of allylic oxidation sites excluding steroid dienone is 3. The number of carbonyl (C=O) groups excluding carboxylic acids is 3.